The molecule has 4 rings (SSSR count). The Morgan fingerprint density at radius 3 is 2.34 bits per heavy atom. The lowest BCUT2D eigenvalue weighted by molar-refractivity contribution is -0.140. The maximum atomic E-state index is 13.2. The van der Waals surface area contributed by atoms with Gasteiger partial charge in [0.25, 0.3) is 5.91 Å². The number of rotatable bonds is 16. The summed E-state index contributed by atoms with van der Waals surface area (Å²) < 4.78 is 44.1. The number of aliphatic hydroxyl groups is 1. The second kappa shape index (κ2) is 19.1. The second-order valence-electron chi connectivity index (χ2n) is 14.0. The molecule has 3 N–H and O–H groups in total. The smallest absolute Gasteiger partial charge is 0.410 e. The van der Waals surface area contributed by atoms with Crippen molar-refractivity contribution < 1.29 is 42.1 Å². The number of amides is 2. The van der Waals surface area contributed by atoms with Crippen molar-refractivity contribution in [3.8, 4) is 16.9 Å². The Hall–Kier alpha value is -4.33. The molecule has 3 aromatic carbocycles. The molecule has 0 radical (unpaired) electrons. The third-order valence-electron chi connectivity index (χ3n) is 8.39. The maximum absolute atomic E-state index is 13.2. The number of sulfonamides is 1. The number of aliphatic hydroxyl groups excluding tert-OH is 1. The molecule has 0 aromatic heterocycles. The van der Waals surface area contributed by atoms with Crippen LogP contribution in [0, 0.1) is 0 Å². The lowest BCUT2D eigenvalue weighted by atomic mass is 9.97. The minimum Gasteiger partial charge on any atom is -0.490 e. The lowest BCUT2D eigenvalue weighted by Crippen LogP contribution is -2.41. The molecule has 1 saturated carbocycles. The molecule has 1 aliphatic rings. The Morgan fingerprint density at radius 2 is 1.68 bits per heavy atom. The summed E-state index contributed by atoms with van der Waals surface area (Å²) in [6, 6.07) is 19.5. The van der Waals surface area contributed by atoms with Gasteiger partial charge >= 0.3 is 12.1 Å². The van der Waals surface area contributed by atoms with Gasteiger partial charge in [-0.25, -0.2) is 17.9 Å². The number of nitrogens with zero attached hydrogens (tertiary/aromatic N) is 1. The normalized spacial score (nSPS) is 14.2. The molecule has 1 aliphatic carbocycles. The van der Waals surface area contributed by atoms with E-state index >= 15 is 0 Å². The number of anilines is 1. The molecule has 12 nitrogen and oxygen atoms in total. The second-order valence-corrected chi connectivity index (χ2v) is 16.3. The van der Waals surface area contributed by atoms with Crippen molar-refractivity contribution in [2.75, 3.05) is 37.3 Å². The highest BCUT2D eigenvalue weighted by Crippen LogP contribution is 2.32. The van der Waals surface area contributed by atoms with E-state index in [-0.39, 0.29) is 43.5 Å². The van der Waals surface area contributed by atoms with Crippen LogP contribution in [0.1, 0.15) is 88.2 Å². The van der Waals surface area contributed by atoms with Crippen LogP contribution in [-0.4, -0.2) is 80.1 Å². The van der Waals surface area contributed by atoms with Crippen molar-refractivity contribution >= 4 is 45.3 Å². The highest BCUT2D eigenvalue weighted by atomic mass is 35.5. The van der Waals surface area contributed by atoms with Gasteiger partial charge in [-0.2, -0.15) is 0 Å². The fourth-order valence-electron chi connectivity index (χ4n) is 5.79. The van der Waals surface area contributed by atoms with E-state index in [9.17, 15) is 27.9 Å². The summed E-state index contributed by atoms with van der Waals surface area (Å²) in [4.78, 5) is 38.7. The van der Waals surface area contributed by atoms with E-state index in [0.29, 0.717) is 22.9 Å². The van der Waals surface area contributed by atoms with Gasteiger partial charge in [0.05, 0.1) is 36.7 Å². The number of benzene rings is 3. The van der Waals surface area contributed by atoms with E-state index in [1.54, 1.807) is 63.2 Å². The first-order valence-corrected chi connectivity index (χ1v) is 19.9. The van der Waals surface area contributed by atoms with Gasteiger partial charge in [0.15, 0.2) is 0 Å². The highest BCUT2D eigenvalue weighted by molar-refractivity contribution is 7.90. The number of ether oxygens (including phenoxy) is 3. The zero-order valence-corrected chi connectivity index (χ0v) is 32.3. The summed E-state index contributed by atoms with van der Waals surface area (Å²) in [5.74, 6) is -1.39. The van der Waals surface area contributed by atoms with Crippen LogP contribution < -0.4 is 14.8 Å². The first kappa shape index (κ1) is 41.4. The summed E-state index contributed by atoms with van der Waals surface area (Å²) in [6.45, 7) is 7.16. The minimum absolute atomic E-state index is 0.0111. The number of halogens is 1. The fraction of sp³-hybridized carbons (Fsp3) is 0.462. The van der Waals surface area contributed by atoms with Gasteiger partial charge in [-0.15, -0.1) is 0 Å². The largest absolute Gasteiger partial charge is 0.490 e. The van der Waals surface area contributed by atoms with Crippen LogP contribution in [0.4, 0.5) is 10.5 Å². The molecule has 53 heavy (non-hydrogen) atoms. The summed E-state index contributed by atoms with van der Waals surface area (Å²) in [5.41, 5.74) is 2.39. The van der Waals surface area contributed by atoms with E-state index in [1.165, 1.54) is 11.8 Å². The average Bonchev–Trinajstić information content (AvgIpc) is 3.09. The molecule has 1 atom stereocenters. The Labute approximate surface area is 317 Å². The Morgan fingerprint density at radius 1 is 0.981 bits per heavy atom. The van der Waals surface area contributed by atoms with Crippen molar-refractivity contribution in [1.82, 2.24) is 9.62 Å². The van der Waals surface area contributed by atoms with E-state index in [4.69, 9.17) is 25.8 Å². The summed E-state index contributed by atoms with van der Waals surface area (Å²) >= 11 is 6.11. The first-order chi connectivity index (χ1) is 25.1. The number of esters is 1. The molecular weight excluding hydrogens is 722 g/mol. The lowest BCUT2D eigenvalue weighted by Gasteiger charge is -2.29. The Balaban J connectivity index is 1.44. The molecule has 14 heteroatoms. The van der Waals surface area contributed by atoms with Crippen LogP contribution in [0.25, 0.3) is 11.1 Å². The Bertz CT molecular complexity index is 1810. The van der Waals surface area contributed by atoms with Crippen LogP contribution in [0.15, 0.2) is 66.7 Å². The van der Waals surface area contributed by atoms with Crippen LogP contribution in [0.3, 0.4) is 0 Å². The summed E-state index contributed by atoms with van der Waals surface area (Å²) in [5, 5.41) is 14.7. The Kier molecular flexibility index (Phi) is 15.0. The SMILES string of the molecule is CC(=O)OCCCS(=O)(=O)NC(=O)c1ccc(-c2ccc(NCCN(C[C@H](O)c3cccc(Cl)c3)C(=O)OC(C)(C)C)cc2)cc1OC1CCCCC1. The molecule has 3 aromatic rings. The number of carbonyl (C=O) groups excluding carboxylic acids is 3. The number of nitrogens with one attached hydrogen (secondary N) is 2. The van der Waals surface area contributed by atoms with Crippen molar-refractivity contribution in [2.24, 2.45) is 0 Å². The third-order valence-corrected chi connectivity index (χ3v) is 9.95. The average molecular weight is 772 g/mol. The number of hydrogen-bond acceptors (Lipinski definition) is 10. The van der Waals surface area contributed by atoms with E-state index < -0.39 is 39.7 Å². The van der Waals surface area contributed by atoms with Crippen molar-refractivity contribution in [3.05, 3.63) is 82.9 Å². The first-order valence-electron chi connectivity index (χ1n) is 17.8. The molecule has 1 fully saturated rings. The molecular formula is C39H50ClN3O9S. The molecule has 0 saturated heterocycles. The molecule has 0 aliphatic heterocycles. The molecule has 0 unspecified atom stereocenters. The van der Waals surface area contributed by atoms with Crippen molar-refractivity contribution in [1.29, 1.82) is 0 Å². The van der Waals surface area contributed by atoms with Gasteiger partial charge in [-0.3, -0.25) is 9.59 Å². The van der Waals surface area contributed by atoms with Crippen LogP contribution in [0.2, 0.25) is 5.02 Å². The molecule has 0 heterocycles. The predicted octanol–water partition coefficient (Wildman–Crippen LogP) is 7.11. The zero-order valence-electron chi connectivity index (χ0n) is 30.7. The molecule has 288 valence electrons. The topological polar surface area (TPSA) is 161 Å². The standard InChI is InChI=1S/C39H50ClN3O9S/c1-27(44)50-22-9-23-53(48,49)42-37(46)34-19-16-29(25-36(34)51-33-12-6-5-7-13-33)28-14-17-32(18-15-28)41-20-21-43(38(47)52-39(2,3)4)26-35(45)30-10-8-11-31(40)24-30/h8,10-11,14-19,24-25,33,35,41,45H,5-7,9,12-13,20-23,26H2,1-4H3,(H,42,46)/t35-/m0/s1. The van der Waals surface area contributed by atoms with Crippen molar-refractivity contribution in [2.45, 2.75) is 84.0 Å². The highest BCUT2D eigenvalue weighted by Gasteiger charge is 2.26. The quantitative estimate of drug-likeness (QED) is 0.101. The van der Waals surface area contributed by atoms with Gasteiger partial charge in [-0.1, -0.05) is 48.4 Å². The van der Waals surface area contributed by atoms with Gasteiger partial charge in [0.1, 0.15) is 11.4 Å². The summed E-state index contributed by atoms with van der Waals surface area (Å²) in [6.07, 6.45) is 3.25. The predicted molar refractivity (Wildman–Crippen MR) is 205 cm³/mol. The maximum Gasteiger partial charge on any atom is 0.410 e. The zero-order chi connectivity index (χ0) is 38.6. The van der Waals surface area contributed by atoms with Crippen LogP contribution >= 0.6 is 11.6 Å². The monoisotopic (exact) mass is 771 g/mol. The van der Waals surface area contributed by atoms with E-state index in [2.05, 4.69) is 10.0 Å². The van der Waals surface area contributed by atoms with Gasteiger partial charge in [-0.05, 0) is 106 Å². The molecule has 0 spiro atoms. The summed E-state index contributed by atoms with van der Waals surface area (Å²) in [7, 11) is -3.99. The fourth-order valence-corrected chi connectivity index (χ4v) is 6.98. The van der Waals surface area contributed by atoms with Crippen LogP contribution in [0.5, 0.6) is 5.75 Å². The van der Waals surface area contributed by atoms with Gasteiger partial charge in [0, 0.05) is 30.7 Å². The van der Waals surface area contributed by atoms with Crippen LogP contribution in [-0.2, 0) is 24.3 Å². The van der Waals surface area contributed by atoms with Gasteiger partial charge < -0.3 is 29.5 Å². The third kappa shape index (κ3) is 13.9. The van der Waals surface area contributed by atoms with E-state index in [1.807, 2.05) is 24.3 Å². The molecule has 2 amide bonds. The van der Waals surface area contributed by atoms with Crippen molar-refractivity contribution in [3.63, 3.8) is 0 Å². The number of hydrogen-bond donors (Lipinski definition) is 3. The van der Waals surface area contributed by atoms with Gasteiger partial charge in [0.2, 0.25) is 10.0 Å². The number of carbonyl (C=O) groups is 3. The minimum atomic E-state index is -3.99. The molecule has 0 bridgehead atoms. The van der Waals surface area contributed by atoms with E-state index in [0.717, 1.165) is 48.9 Å².